The fraction of sp³-hybridized carbons (Fsp3) is 0. The van der Waals surface area contributed by atoms with Gasteiger partial charge in [-0.3, -0.25) is 9.78 Å². The van der Waals surface area contributed by atoms with Gasteiger partial charge in [-0.15, -0.1) is 5.11 Å². The topological polar surface area (TPSA) is 90.4 Å². The van der Waals surface area contributed by atoms with Gasteiger partial charge in [0.15, 0.2) is 5.69 Å². The molecule has 0 saturated heterocycles. The third kappa shape index (κ3) is 2.88. The summed E-state index contributed by atoms with van der Waals surface area (Å²) in [5.41, 5.74) is -0.591. The zero-order valence-corrected chi connectivity index (χ0v) is 9.23. The first-order valence-electron chi connectivity index (χ1n) is 4.64. The number of H-pyrrole nitrogens is 2. The molecule has 0 aliphatic carbocycles. The van der Waals surface area contributed by atoms with Crippen molar-refractivity contribution in [1.82, 2.24) is 9.97 Å². The molecule has 0 atom stereocenters. The Kier molecular flexibility index (Phi) is 3.15. The van der Waals surface area contributed by atoms with Crippen LogP contribution in [0.15, 0.2) is 50.3 Å². The van der Waals surface area contributed by atoms with Gasteiger partial charge in [-0.2, -0.15) is 5.11 Å². The molecule has 2 aromatic rings. The Labute approximate surface area is 100 Å². The normalized spacial score (nSPS) is 10.9. The molecular weight excluding hydrogens is 244 g/mol. The molecule has 0 aliphatic heterocycles. The second-order valence-corrected chi connectivity index (χ2v) is 3.57. The predicted octanol–water partition coefficient (Wildman–Crippen LogP) is 2.13. The van der Waals surface area contributed by atoms with Crippen molar-refractivity contribution in [3.05, 3.63) is 56.3 Å². The Morgan fingerprint density at radius 2 is 1.76 bits per heavy atom. The molecule has 1 aromatic carbocycles. The zero-order valence-electron chi connectivity index (χ0n) is 8.48. The summed E-state index contributed by atoms with van der Waals surface area (Å²) >= 11 is 5.70. The van der Waals surface area contributed by atoms with E-state index >= 15 is 0 Å². The Bertz CT molecular complexity index is 657. The van der Waals surface area contributed by atoms with Crippen molar-refractivity contribution in [2.24, 2.45) is 10.2 Å². The monoisotopic (exact) mass is 250 g/mol. The molecule has 17 heavy (non-hydrogen) atoms. The standard InChI is InChI=1S/C10H7ClN4O2/c11-6-1-3-7(4-2-6)14-15-8-5-12-10(17)13-9(8)16/h1-5H,(H2,12,13,16,17). The van der Waals surface area contributed by atoms with E-state index in [4.69, 9.17) is 11.6 Å². The summed E-state index contributed by atoms with van der Waals surface area (Å²) in [6, 6.07) is 6.64. The van der Waals surface area contributed by atoms with E-state index in [-0.39, 0.29) is 5.69 Å². The van der Waals surface area contributed by atoms with Crippen molar-refractivity contribution in [3.8, 4) is 0 Å². The molecule has 6 nitrogen and oxygen atoms in total. The van der Waals surface area contributed by atoms with Gasteiger partial charge in [-0.25, -0.2) is 4.79 Å². The van der Waals surface area contributed by atoms with E-state index in [0.717, 1.165) is 0 Å². The molecule has 0 bridgehead atoms. The van der Waals surface area contributed by atoms with E-state index in [1.807, 2.05) is 4.98 Å². The van der Waals surface area contributed by atoms with E-state index in [1.165, 1.54) is 6.20 Å². The summed E-state index contributed by atoms with van der Waals surface area (Å²) in [7, 11) is 0. The highest BCUT2D eigenvalue weighted by molar-refractivity contribution is 6.30. The number of nitrogens with one attached hydrogen (secondary N) is 2. The second-order valence-electron chi connectivity index (χ2n) is 3.13. The first-order chi connectivity index (χ1) is 8.15. The zero-order chi connectivity index (χ0) is 12.3. The van der Waals surface area contributed by atoms with Crippen LogP contribution in [0.3, 0.4) is 0 Å². The average molecular weight is 251 g/mol. The lowest BCUT2D eigenvalue weighted by molar-refractivity contribution is 1.02. The number of benzene rings is 1. The van der Waals surface area contributed by atoms with Crippen LogP contribution in [0, 0.1) is 0 Å². The van der Waals surface area contributed by atoms with Gasteiger partial charge in [0.2, 0.25) is 0 Å². The molecule has 0 aliphatic rings. The lowest BCUT2D eigenvalue weighted by Crippen LogP contribution is -2.20. The summed E-state index contributed by atoms with van der Waals surface area (Å²) in [6.45, 7) is 0. The highest BCUT2D eigenvalue weighted by Gasteiger charge is 1.97. The Hall–Kier alpha value is -2.21. The van der Waals surface area contributed by atoms with E-state index in [9.17, 15) is 9.59 Å². The molecule has 0 radical (unpaired) electrons. The molecule has 0 spiro atoms. The van der Waals surface area contributed by atoms with Crippen LogP contribution >= 0.6 is 11.6 Å². The van der Waals surface area contributed by atoms with E-state index < -0.39 is 11.2 Å². The minimum atomic E-state index is -0.591. The van der Waals surface area contributed by atoms with Gasteiger partial charge in [-0.05, 0) is 24.3 Å². The molecule has 86 valence electrons. The molecule has 0 unspecified atom stereocenters. The van der Waals surface area contributed by atoms with Crippen molar-refractivity contribution in [2.45, 2.75) is 0 Å². The number of hydrogen-bond donors (Lipinski definition) is 2. The number of halogens is 1. The summed E-state index contributed by atoms with van der Waals surface area (Å²) in [4.78, 5) is 26.4. The SMILES string of the molecule is O=c1[nH]cc(N=Nc2ccc(Cl)cc2)c(=O)[nH]1. The van der Waals surface area contributed by atoms with Gasteiger partial charge in [0.25, 0.3) is 5.56 Å². The maximum atomic E-state index is 11.3. The second kappa shape index (κ2) is 4.75. The first kappa shape index (κ1) is 11.3. The highest BCUT2D eigenvalue weighted by Crippen LogP contribution is 2.17. The quantitative estimate of drug-likeness (QED) is 0.800. The van der Waals surface area contributed by atoms with Crippen molar-refractivity contribution in [2.75, 3.05) is 0 Å². The summed E-state index contributed by atoms with van der Waals surface area (Å²) in [5, 5.41) is 8.14. The summed E-state index contributed by atoms with van der Waals surface area (Å²) in [5.74, 6) is 0. The Balaban J connectivity index is 2.29. The molecule has 2 N–H and O–H groups in total. The fourth-order valence-electron chi connectivity index (χ4n) is 1.10. The Morgan fingerprint density at radius 1 is 1.06 bits per heavy atom. The molecule has 1 aromatic heterocycles. The van der Waals surface area contributed by atoms with Gasteiger partial charge in [0.05, 0.1) is 5.69 Å². The molecule has 0 saturated carbocycles. The van der Waals surface area contributed by atoms with Crippen LogP contribution < -0.4 is 11.2 Å². The maximum absolute atomic E-state index is 11.3. The number of hydrogen-bond acceptors (Lipinski definition) is 4. The van der Waals surface area contributed by atoms with Crippen LogP contribution in [-0.4, -0.2) is 9.97 Å². The number of aromatic nitrogens is 2. The number of nitrogens with zero attached hydrogens (tertiary/aromatic N) is 2. The van der Waals surface area contributed by atoms with Crippen LogP contribution in [0.25, 0.3) is 0 Å². The Morgan fingerprint density at radius 3 is 2.41 bits per heavy atom. The number of rotatable bonds is 2. The van der Waals surface area contributed by atoms with Gasteiger partial charge >= 0.3 is 5.69 Å². The van der Waals surface area contributed by atoms with E-state index in [1.54, 1.807) is 24.3 Å². The fourth-order valence-corrected chi connectivity index (χ4v) is 1.22. The largest absolute Gasteiger partial charge is 0.325 e. The van der Waals surface area contributed by atoms with E-state index in [0.29, 0.717) is 10.7 Å². The van der Waals surface area contributed by atoms with Crippen LogP contribution in [0.2, 0.25) is 5.02 Å². The minimum Gasteiger partial charge on any atom is -0.312 e. The predicted molar refractivity (Wildman–Crippen MR) is 63.3 cm³/mol. The maximum Gasteiger partial charge on any atom is 0.325 e. The summed E-state index contributed by atoms with van der Waals surface area (Å²) < 4.78 is 0. The van der Waals surface area contributed by atoms with Gasteiger partial charge in [0, 0.05) is 11.2 Å². The molecule has 1 heterocycles. The van der Waals surface area contributed by atoms with Crippen LogP contribution in [-0.2, 0) is 0 Å². The van der Waals surface area contributed by atoms with Crippen LogP contribution in [0.4, 0.5) is 11.4 Å². The van der Waals surface area contributed by atoms with Crippen molar-refractivity contribution < 1.29 is 0 Å². The van der Waals surface area contributed by atoms with Gasteiger partial charge in [0.1, 0.15) is 0 Å². The van der Waals surface area contributed by atoms with Crippen molar-refractivity contribution >= 4 is 23.0 Å². The smallest absolute Gasteiger partial charge is 0.312 e. The third-order valence-corrected chi connectivity index (χ3v) is 2.15. The van der Waals surface area contributed by atoms with Crippen LogP contribution in [0.1, 0.15) is 0 Å². The first-order valence-corrected chi connectivity index (χ1v) is 5.02. The van der Waals surface area contributed by atoms with Crippen molar-refractivity contribution in [1.29, 1.82) is 0 Å². The van der Waals surface area contributed by atoms with E-state index in [2.05, 4.69) is 15.2 Å². The molecule has 0 fully saturated rings. The molecule has 2 rings (SSSR count). The number of aromatic amines is 2. The number of azo groups is 1. The third-order valence-electron chi connectivity index (χ3n) is 1.90. The van der Waals surface area contributed by atoms with Gasteiger partial charge in [-0.1, -0.05) is 11.6 Å². The molecular formula is C10H7ClN4O2. The lowest BCUT2D eigenvalue weighted by Gasteiger charge is -1.92. The summed E-state index contributed by atoms with van der Waals surface area (Å²) in [6.07, 6.45) is 1.20. The van der Waals surface area contributed by atoms with Gasteiger partial charge < -0.3 is 4.98 Å². The highest BCUT2D eigenvalue weighted by atomic mass is 35.5. The molecule has 0 amide bonds. The van der Waals surface area contributed by atoms with Crippen LogP contribution in [0.5, 0.6) is 0 Å². The van der Waals surface area contributed by atoms with Crippen molar-refractivity contribution in [3.63, 3.8) is 0 Å². The molecule has 7 heteroatoms. The minimum absolute atomic E-state index is 0.0274. The average Bonchev–Trinajstić information content (AvgIpc) is 2.30. The lowest BCUT2D eigenvalue weighted by atomic mass is 10.3.